The van der Waals surface area contributed by atoms with E-state index >= 15 is 0 Å². The van der Waals surface area contributed by atoms with Gasteiger partial charge in [0, 0.05) is 26.1 Å². The summed E-state index contributed by atoms with van der Waals surface area (Å²) >= 11 is 0. The number of aryl methyl sites for hydroxylation is 1. The van der Waals surface area contributed by atoms with Crippen molar-refractivity contribution in [2.24, 2.45) is 0 Å². The lowest BCUT2D eigenvalue weighted by Gasteiger charge is -2.28. The fourth-order valence-electron chi connectivity index (χ4n) is 2.45. The van der Waals surface area contributed by atoms with Gasteiger partial charge in [-0.3, -0.25) is 4.79 Å². The van der Waals surface area contributed by atoms with Crippen LogP contribution in [0.25, 0.3) is 0 Å². The van der Waals surface area contributed by atoms with Gasteiger partial charge in [-0.1, -0.05) is 24.3 Å². The third-order valence-corrected chi connectivity index (χ3v) is 3.78. The van der Waals surface area contributed by atoms with Crippen LogP contribution >= 0.6 is 0 Å². The number of amides is 1. The molecular formula is C15H21FN2O. The Hall–Kier alpha value is -1.42. The van der Waals surface area contributed by atoms with E-state index in [1.807, 2.05) is 38.1 Å². The molecule has 2 rings (SSSR count). The number of carbonyl (C=O) groups excluding carboxylic acids is 1. The normalized spacial score (nSPS) is 22.5. The van der Waals surface area contributed by atoms with Gasteiger partial charge in [0.05, 0.1) is 0 Å². The van der Waals surface area contributed by atoms with Gasteiger partial charge in [0.15, 0.2) is 0 Å². The molecule has 1 aliphatic rings. The molecule has 1 amide bonds. The molecule has 0 aliphatic carbocycles. The van der Waals surface area contributed by atoms with Crippen LogP contribution in [0, 0.1) is 6.92 Å². The molecule has 1 unspecified atom stereocenters. The molecule has 0 saturated carbocycles. The van der Waals surface area contributed by atoms with Gasteiger partial charge >= 0.3 is 0 Å². The number of nitrogens with zero attached hydrogens (tertiary/aromatic N) is 1. The van der Waals surface area contributed by atoms with Crippen molar-refractivity contribution < 1.29 is 9.18 Å². The first-order chi connectivity index (χ1) is 9.07. The standard InChI is InChI=1S/C15H21FN2O/c1-3-18(10-13-7-5-4-6-12(13)2)14(19)15(16)8-9-17-11-15/h4-7,17H,3,8-11H2,1-2H3. The SMILES string of the molecule is CCN(Cc1ccccc1C)C(=O)C1(F)CCNC1. The van der Waals surface area contributed by atoms with Crippen LogP contribution in [0.4, 0.5) is 4.39 Å². The van der Waals surface area contributed by atoms with Crippen LogP contribution in [0.15, 0.2) is 24.3 Å². The molecular weight excluding hydrogens is 243 g/mol. The second-order valence-electron chi connectivity index (χ2n) is 5.14. The van der Waals surface area contributed by atoms with Crippen LogP contribution in [-0.4, -0.2) is 36.1 Å². The number of hydrogen-bond acceptors (Lipinski definition) is 2. The summed E-state index contributed by atoms with van der Waals surface area (Å²) in [6, 6.07) is 7.91. The molecule has 19 heavy (non-hydrogen) atoms. The highest BCUT2D eigenvalue weighted by Gasteiger charge is 2.43. The van der Waals surface area contributed by atoms with Gasteiger partial charge in [-0.25, -0.2) is 4.39 Å². The number of rotatable bonds is 4. The Balaban J connectivity index is 2.12. The zero-order valence-corrected chi connectivity index (χ0v) is 11.6. The van der Waals surface area contributed by atoms with E-state index in [4.69, 9.17) is 0 Å². The number of carbonyl (C=O) groups is 1. The Morgan fingerprint density at radius 3 is 2.79 bits per heavy atom. The average molecular weight is 264 g/mol. The molecule has 1 aliphatic heterocycles. The van der Waals surface area contributed by atoms with Gasteiger partial charge in [-0.2, -0.15) is 0 Å². The number of benzene rings is 1. The highest BCUT2D eigenvalue weighted by molar-refractivity contribution is 5.85. The molecule has 0 radical (unpaired) electrons. The molecule has 0 aromatic heterocycles. The summed E-state index contributed by atoms with van der Waals surface area (Å²) in [6.45, 7) is 5.62. The zero-order valence-electron chi connectivity index (χ0n) is 11.6. The van der Waals surface area contributed by atoms with Crippen molar-refractivity contribution in [3.63, 3.8) is 0 Å². The van der Waals surface area contributed by atoms with E-state index < -0.39 is 5.67 Å². The van der Waals surface area contributed by atoms with Crippen LogP contribution in [-0.2, 0) is 11.3 Å². The summed E-state index contributed by atoms with van der Waals surface area (Å²) in [6.07, 6.45) is 0.274. The first kappa shape index (κ1) is 14.0. The van der Waals surface area contributed by atoms with Gasteiger partial charge in [-0.15, -0.1) is 0 Å². The minimum Gasteiger partial charge on any atom is -0.336 e. The molecule has 1 N–H and O–H groups in total. The van der Waals surface area contributed by atoms with Crippen molar-refractivity contribution in [2.75, 3.05) is 19.6 Å². The van der Waals surface area contributed by atoms with Crippen molar-refractivity contribution >= 4 is 5.91 Å². The van der Waals surface area contributed by atoms with E-state index in [1.165, 1.54) is 0 Å². The lowest BCUT2D eigenvalue weighted by atomic mass is 10.0. The van der Waals surface area contributed by atoms with E-state index in [2.05, 4.69) is 5.32 Å². The highest BCUT2D eigenvalue weighted by atomic mass is 19.1. The number of hydrogen-bond donors (Lipinski definition) is 1. The van der Waals surface area contributed by atoms with Gasteiger partial charge in [-0.05, 0) is 31.5 Å². The minimum atomic E-state index is -1.72. The second-order valence-corrected chi connectivity index (χ2v) is 5.14. The van der Waals surface area contributed by atoms with Crippen LogP contribution in [0.1, 0.15) is 24.5 Å². The van der Waals surface area contributed by atoms with E-state index in [0.29, 0.717) is 19.6 Å². The Morgan fingerprint density at radius 2 is 2.21 bits per heavy atom. The van der Waals surface area contributed by atoms with E-state index in [9.17, 15) is 9.18 Å². The summed E-state index contributed by atoms with van der Waals surface area (Å²) < 4.78 is 14.5. The first-order valence-corrected chi connectivity index (χ1v) is 6.80. The summed E-state index contributed by atoms with van der Waals surface area (Å²) in [5, 5.41) is 2.93. The summed E-state index contributed by atoms with van der Waals surface area (Å²) in [5.41, 5.74) is 0.483. The second kappa shape index (κ2) is 5.70. The molecule has 0 bridgehead atoms. The van der Waals surface area contributed by atoms with E-state index in [1.54, 1.807) is 4.90 Å². The number of halogens is 1. The molecule has 4 heteroatoms. The Morgan fingerprint density at radius 1 is 1.47 bits per heavy atom. The zero-order chi connectivity index (χ0) is 13.9. The molecule has 0 spiro atoms. The summed E-state index contributed by atoms with van der Waals surface area (Å²) in [4.78, 5) is 13.9. The molecule has 1 aromatic carbocycles. The monoisotopic (exact) mass is 264 g/mol. The van der Waals surface area contributed by atoms with Gasteiger partial charge < -0.3 is 10.2 Å². The average Bonchev–Trinajstić information content (AvgIpc) is 2.85. The van der Waals surface area contributed by atoms with Crippen molar-refractivity contribution in [3.05, 3.63) is 35.4 Å². The van der Waals surface area contributed by atoms with Gasteiger partial charge in [0.25, 0.3) is 5.91 Å². The molecule has 3 nitrogen and oxygen atoms in total. The highest BCUT2D eigenvalue weighted by Crippen LogP contribution is 2.24. The number of alkyl halides is 1. The topological polar surface area (TPSA) is 32.3 Å². The molecule has 1 fully saturated rings. The Kier molecular flexibility index (Phi) is 4.20. The lowest BCUT2D eigenvalue weighted by molar-refractivity contribution is -0.143. The Labute approximate surface area is 113 Å². The van der Waals surface area contributed by atoms with Crippen LogP contribution in [0.2, 0.25) is 0 Å². The largest absolute Gasteiger partial charge is 0.336 e. The van der Waals surface area contributed by atoms with Crippen molar-refractivity contribution in [3.8, 4) is 0 Å². The van der Waals surface area contributed by atoms with Crippen molar-refractivity contribution in [1.29, 1.82) is 0 Å². The summed E-state index contributed by atoms with van der Waals surface area (Å²) in [5.74, 6) is -0.386. The third-order valence-electron chi connectivity index (χ3n) is 3.78. The third kappa shape index (κ3) is 2.95. The molecule has 1 heterocycles. The minimum absolute atomic E-state index is 0.135. The van der Waals surface area contributed by atoms with Gasteiger partial charge in [0.2, 0.25) is 5.67 Å². The quantitative estimate of drug-likeness (QED) is 0.902. The number of nitrogens with one attached hydrogen (secondary N) is 1. The van der Waals surface area contributed by atoms with E-state index in [0.717, 1.165) is 11.1 Å². The van der Waals surface area contributed by atoms with Crippen molar-refractivity contribution in [2.45, 2.75) is 32.5 Å². The Bertz CT molecular complexity index is 455. The van der Waals surface area contributed by atoms with Crippen LogP contribution in [0.3, 0.4) is 0 Å². The van der Waals surface area contributed by atoms with Gasteiger partial charge in [0.1, 0.15) is 0 Å². The van der Waals surface area contributed by atoms with E-state index in [-0.39, 0.29) is 18.9 Å². The fourth-order valence-corrected chi connectivity index (χ4v) is 2.45. The molecule has 1 saturated heterocycles. The molecule has 1 aromatic rings. The molecule has 1 atom stereocenters. The van der Waals surface area contributed by atoms with Crippen LogP contribution in [0.5, 0.6) is 0 Å². The van der Waals surface area contributed by atoms with Crippen LogP contribution < -0.4 is 5.32 Å². The maximum absolute atomic E-state index is 14.5. The predicted octanol–water partition coefficient (Wildman–Crippen LogP) is 2.05. The van der Waals surface area contributed by atoms with Crippen molar-refractivity contribution in [1.82, 2.24) is 10.2 Å². The smallest absolute Gasteiger partial charge is 0.261 e. The maximum atomic E-state index is 14.5. The summed E-state index contributed by atoms with van der Waals surface area (Å²) in [7, 11) is 0. The predicted molar refractivity (Wildman–Crippen MR) is 73.6 cm³/mol. The molecule has 104 valence electrons. The lowest BCUT2D eigenvalue weighted by Crippen LogP contribution is -2.47. The maximum Gasteiger partial charge on any atom is 0.261 e. The fraction of sp³-hybridized carbons (Fsp3) is 0.533. The first-order valence-electron chi connectivity index (χ1n) is 6.80.